The molecule has 0 amide bonds. The van der Waals surface area contributed by atoms with E-state index in [1.54, 1.807) is 0 Å². The Morgan fingerprint density at radius 3 is 2.26 bits per heavy atom. The van der Waals surface area contributed by atoms with Gasteiger partial charge in [-0.3, -0.25) is 9.69 Å². The Labute approximate surface area is 231 Å². The lowest BCUT2D eigenvalue weighted by molar-refractivity contribution is -0.140. The Hall–Kier alpha value is -1.31. The Bertz CT molecular complexity index is 919. The number of ketones is 1. The van der Waals surface area contributed by atoms with Gasteiger partial charge in [-0.2, -0.15) is 13.2 Å². The molecule has 1 heterocycles. The molecule has 1 N–H and O–H groups in total. The molecule has 0 aromatic heterocycles. The molecule has 2 aliphatic carbocycles. The number of anilines is 1. The average molecular weight is 557 g/mol. The number of likely N-dealkylation sites (tertiary alicyclic amines) is 1. The van der Waals surface area contributed by atoms with Gasteiger partial charge in [-0.15, -0.1) is 0 Å². The highest BCUT2D eigenvalue weighted by molar-refractivity contribution is 6.33. The summed E-state index contributed by atoms with van der Waals surface area (Å²) in [5.74, 6) is 2.13. The molecule has 38 heavy (non-hydrogen) atoms. The number of benzene rings is 1. The lowest BCUT2D eigenvalue weighted by Crippen LogP contribution is -2.40. The van der Waals surface area contributed by atoms with Crippen molar-refractivity contribution in [1.29, 1.82) is 0 Å². The first-order valence-corrected chi connectivity index (χ1v) is 15.0. The van der Waals surface area contributed by atoms with E-state index in [0.717, 1.165) is 63.6 Å². The SMILES string of the molecule is CNc1c(Cl)cc(C[C@@H](OCN2CCC(C)CC2)C(=O)C2CCC(C3CCCCC3)CC2)cc1C(F)(F)F. The van der Waals surface area contributed by atoms with Crippen LogP contribution in [-0.2, 0) is 22.1 Å². The third-order valence-corrected chi connectivity index (χ3v) is 9.57. The van der Waals surface area contributed by atoms with Gasteiger partial charge in [0, 0.05) is 32.5 Å². The zero-order valence-electron chi connectivity index (χ0n) is 22.9. The molecule has 4 nitrogen and oxygen atoms in total. The molecule has 0 spiro atoms. The summed E-state index contributed by atoms with van der Waals surface area (Å²) in [4.78, 5) is 16.0. The molecule has 0 bridgehead atoms. The van der Waals surface area contributed by atoms with E-state index in [2.05, 4.69) is 17.1 Å². The van der Waals surface area contributed by atoms with Crippen molar-refractivity contribution in [1.82, 2.24) is 4.90 Å². The first-order valence-electron chi connectivity index (χ1n) is 14.6. The lowest BCUT2D eigenvalue weighted by Gasteiger charge is -2.36. The third kappa shape index (κ3) is 7.66. The third-order valence-electron chi connectivity index (χ3n) is 9.27. The minimum atomic E-state index is -4.56. The lowest BCUT2D eigenvalue weighted by atomic mass is 9.70. The normalized spacial score (nSPS) is 25.3. The van der Waals surface area contributed by atoms with Crippen molar-refractivity contribution < 1.29 is 22.7 Å². The van der Waals surface area contributed by atoms with E-state index in [4.69, 9.17) is 16.3 Å². The quantitative estimate of drug-likeness (QED) is 0.335. The number of carbonyl (C=O) groups is 1. The van der Waals surface area contributed by atoms with Crippen molar-refractivity contribution in [2.75, 3.05) is 32.2 Å². The highest BCUT2D eigenvalue weighted by Gasteiger charge is 2.37. The second-order valence-corrected chi connectivity index (χ2v) is 12.4. The van der Waals surface area contributed by atoms with Crippen LogP contribution in [0.1, 0.15) is 88.7 Å². The molecule has 1 aromatic rings. The number of alkyl halides is 3. The van der Waals surface area contributed by atoms with E-state index < -0.39 is 17.8 Å². The number of ether oxygens (including phenoxy) is 1. The number of nitrogens with one attached hydrogen (secondary N) is 1. The molecular weight excluding hydrogens is 513 g/mol. The zero-order chi connectivity index (χ0) is 27.3. The van der Waals surface area contributed by atoms with Gasteiger partial charge >= 0.3 is 6.18 Å². The molecule has 2 saturated carbocycles. The van der Waals surface area contributed by atoms with E-state index in [-0.39, 0.29) is 28.8 Å². The van der Waals surface area contributed by atoms with Gasteiger partial charge in [-0.1, -0.05) is 50.6 Å². The van der Waals surface area contributed by atoms with Gasteiger partial charge in [-0.25, -0.2) is 0 Å². The van der Waals surface area contributed by atoms with Crippen LogP contribution in [0.4, 0.5) is 18.9 Å². The van der Waals surface area contributed by atoms with E-state index >= 15 is 0 Å². The minimum Gasteiger partial charge on any atom is -0.386 e. The number of Topliss-reactive ketones (excluding diaryl/α,β-unsaturated/α-hetero) is 1. The predicted octanol–water partition coefficient (Wildman–Crippen LogP) is 7.97. The second-order valence-electron chi connectivity index (χ2n) is 11.9. The van der Waals surface area contributed by atoms with Gasteiger partial charge in [0.2, 0.25) is 0 Å². The number of nitrogens with zero attached hydrogens (tertiary/aromatic N) is 1. The summed E-state index contributed by atoms with van der Waals surface area (Å²) in [7, 11) is 1.43. The molecule has 4 rings (SSSR count). The predicted molar refractivity (Wildman–Crippen MR) is 146 cm³/mol. The van der Waals surface area contributed by atoms with Crippen LogP contribution in [0, 0.1) is 23.7 Å². The van der Waals surface area contributed by atoms with Gasteiger partial charge in [0.25, 0.3) is 0 Å². The molecule has 1 saturated heterocycles. The highest BCUT2D eigenvalue weighted by atomic mass is 35.5. The molecular formula is C30H44ClF3N2O2. The van der Waals surface area contributed by atoms with Crippen LogP contribution in [0.15, 0.2) is 12.1 Å². The Morgan fingerprint density at radius 2 is 1.66 bits per heavy atom. The van der Waals surface area contributed by atoms with Crippen LogP contribution >= 0.6 is 11.6 Å². The standard InChI is InChI=1S/C30H44ClF3N2O2/c1-20-12-14-36(15-13-20)19-38-27(18-21-16-25(30(32,33)34)28(35-2)26(31)17-21)29(37)24-10-8-23(9-11-24)22-6-4-3-5-7-22/h16-17,20,22-24,27,35H,3-15,18-19H2,1-2H3/t23?,24?,27-/m1/s1. The molecule has 3 aliphatic rings. The van der Waals surface area contributed by atoms with Crippen LogP contribution in [0.3, 0.4) is 0 Å². The first kappa shape index (κ1) is 29.7. The molecule has 0 unspecified atom stereocenters. The molecule has 0 radical (unpaired) electrons. The van der Waals surface area contributed by atoms with Crippen molar-refractivity contribution in [3.8, 4) is 0 Å². The maximum absolute atomic E-state index is 13.8. The number of piperidine rings is 1. The van der Waals surface area contributed by atoms with E-state index in [9.17, 15) is 18.0 Å². The molecule has 1 aromatic carbocycles. The van der Waals surface area contributed by atoms with Crippen LogP contribution in [-0.4, -0.2) is 43.7 Å². The van der Waals surface area contributed by atoms with Crippen molar-refractivity contribution in [2.45, 2.75) is 96.3 Å². The van der Waals surface area contributed by atoms with Crippen molar-refractivity contribution in [3.63, 3.8) is 0 Å². The summed E-state index contributed by atoms with van der Waals surface area (Å²) >= 11 is 6.26. The summed E-state index contributed by atoms with van der Waals surface area (Å²) < 4.78 is 47.6. The molecule has 8 heteroatoms. The van der Waals surface area contributed by atoms with Crippen molar-refractivity contribution >= 4 is 23.1 Å². The fraction of sp³-hybridized carbons (Fsp3) is 0.767. The van der Waals surface area contributed by atoms with Crippen LogP contribution in [0.5, 0.6) is 0 Å². The Morgan fingerprint density at radius 1 is 1.03 bits per heavy atom. The van der Waals surface area contributed by atoms with Crippen molar-refractivity contribution in [3.05, 3.63) is 28.3 Å². The molecule has 1 atom stereocenters. The number of halogens is 4. The van der Waals surface area contributed by atoms with Gasteiger partial charge in [0.15, 0.2) is 5.78 Å². The van der Waals surface area contributed by atoms with E-state index in [1.165, 1.54) is 45.2 Å². The maximum atomic E-state index is 13.8. The fourth-order valence-electron chi connectivity index (χ4n) is 6.84. The monoisotopic (exact) mass is 556 g/mol. The van der Waals surface area contributed by atoms with Crippen LogP contribution in [0.25, 0.3) is 0 Å². The van der Waals surface area contributed by atoms with Gasteiger partial charge in [0.05, 0.1) is 23.0 Å². The topological polar surface area (TPSA) is 41.6 Å². The Kier molecular flexibility index (Phi) is 10.4. The number of carbonyl (C=O) groups excluding carboxylic acids is 1. The van der Waals surface area contributed by atoms with E-state index in [1.807, 2.05) is 0 Å². The molecule has 3 fully saturated rings. The van der Waals surface area contributed by atoms with Crippen LogP contribution in [0.2, 0.25) is 5.02 Å². The van der Waals surface area contributed by atoms with E-state index in [0.29, 0.717) is 24.1 Å². The molecule has 1 aliphatic heterocycles. The zero-order valence-corrected chi connectivity index (χ0v) is 23.7. The summed E-state index contributed by atoms with van der Waals surface area (Å²) in [6.45, 7) is 4.39. The van der Waals surface area contributed by atoms with Gasteiger partial charge in [-0.05, 0) is 74.0 Å². The minimum absolute atomic E-state index is 0.00142. The number of rotatable bonds is 9. The van der Waals surface area contributed by atoms with Gasteiger partial charge in [0.1, 0.15) is 6.10 Å². The number of hydrogen-bond acceptors (Lipinski definition) is 4. The van der Waals surface area contributed by atoms with Crippen LogP contribution < -0.4 is 5.32 Å². The molecule has 214 valence electrons. The smallest absolute Gasteiger partial charge is 0.386 e. The maximum Gasteiger partial charge on any atom is 0.418 e. The van der Waals surface area contributed by atoms with Crippen molar-refractivity contribution in [2.24, 2.45) is 23.7 Å². The van der Waals surface area contributed by atoms with Gasteiger partial charge < -0.3 is 10.1 Å². The summed E-state index contributed by atoms with van der Waals surface area (Å²) in [5, 5.41) is 2.57. The first-order chi connectivity index (χ1) is 18.2. The Balaban J connectivity index is 1.47. The largest absolute Gasteiger partial charge is 0.418 e. The second kappa shape index (κ2) is 13.4. The summed E-state index contributed by atoms with van der Waals surface area (Å²) in [6, 6.07) is 2.65. The highest BCUT2D eigenvalue weighted by Crippen LogP contribution is 2.42. The average Bonchev–Trinajstić information content (AvgIpc) is 2.91. The summed E-state index contributed by atoms with van der Waals surface area (Å²) in [6.07, 6.45) is 7.40. The number of hydrogen-bond donors (Lipinski definition) is 1. The summed E-state index contributed by atoms with van der Waals surface area (Å²) in [5.41, 5.74) is -0.579. The fourth-order valence-corrected chi connectivity index (χ4v) is 7.18.